The van der Waals surface area contributed by atoms with Crippen LogP contribution in [0.2, 0.25) is 0 Å². The molecule has 0 aliphatic heterocycles. The third-order valence-corrected chi connectivity index (χ3v) is 3.11. The van der Waals surface area contributed by atoms with Crippen LogP contribution in [-0.2, 0) is 6.54 Å². The van der Waals surface area contributed by atoms with E-state index in [1.807, 2.05) is 19.0 Å². The summed E-state index contributed by atoms with van der Waals surface area (Å²) in [5.41, 5.74) is 1.33. The number of halogens is 1. The number of aryl methyl sites for hydroxylation is 1. The first kappa shape index (κ1) is 15.7. The number of hydrogen-bond acceptors (Lipinski definition) is 2. The van der Waals surface area contributed by atoms with E-state index in [9.17, 15) is 0 Å². The monoisotopic (exact) mass is 353 g/mol. The van der Waals surface area contributed by atoms with Crippen molar-refractivity contribution in [3.63, 3.8) is 0 Å². The van der Waals surface area contributed by atoms with Crippen LogP contribution >= 0.6 is 35.3 Å². The van der Waals surface area contributed by atoms with Crippen molar-refractivity contribution in [3.05, 3.63) is 21.9 Å². The molecule has 1 N–H and O–H groups in total. The Hall–Kier alpha value is -0.300. The van der Waals surface area contributed by atoms with Crippen molar-refractivity contribution in [3.8, 4) is 0 Å². The fraction of sp³-hybridized carbons (Fsp3) is 0.545. The predicted molar refractivity (Wildman–Crippen MR) is 83.0 cm³/mol. The topological polar surface area (TPSA) is 27.6 Å². The molecule has 1 aromatic rings. The van der Waals surface area contributed by atoms with Gasteiger partial charge >= 0.3 is 0 Å². The number of guanidine groups is 1. The molecule has 0 saturated heterocycles. The molecule has 0 unspecified atom stereocenters. The van der Waals surface area contributed by atoms with E-state index >= 15 is 0 Å². The summed E-state index contributed by atoms with van der Waals surface area (Å²) in [5, 5.41) is 5.36. The maximum atomic E-state index is 4.56. The maximum absolute atomic E-state index is 4.56. The van der Waals surface area contributed by atoms with Crippen LogP contribution in [0.25, 0.3) is 0 Å². The molecule has 0 aliphatic rings. The summed E-state index contributed by atoms with van der Waals surface area (Å²) >= 11 is 1.77. The number of rotatable bonds is 3. The Balaban J connectivity index is 0.00000225. The molecule has 1 rings (SSSR count). The molecular weight excluding hydrogens is 333 g/mol. The lowest BCUT2D eigenvalue weighted by Crippen LogP contribution is -2.36. The molecule has 0 spiro atoms. The molecule has 0 bridgehead atoms. The number of thiophene rings is 1. The summed E-state index contributed by atoms with van der Waals surface area (Å²) in [7, 11) is 4.01. The Morgan fingerprint density at radius 1 is 1.50 bits per heavy atom. The van der Waals surface area contributed by atoms with E-state index in [1.54, 1.807) is 11.3 Å². The Morgan fingerprint density at radius 3 is 2.62 bits per heavy atom. The van der Waals surface area contributed by atoms with Gasteiger partial charge in [0.05, 0.1) is 6.54 Å². The summed E-state index contributed by atoms with van der Waals surface area (Å²) in [6.07, 6.45) is 0. The first-order chi connectivity index (χ1) is 7.15. The van der Waals surface area contributed by atoms with Gasteiger partial charge in [0.15, 0.2) is 5.96 Å². The molecule has 0 amide bonds. The van der Waals surface area contributed by atoms with Gasteiger partial charge in [0.1, 0.15) is 0 Å². The number of nitrogens with one attached hydrogen (secondary N) is 1. The number of nitrogens with zero attached hydrogens (tertiary/aromatic N) is 2. The lowest BCUT2D eigenvalue weighted by molar-refractivity contribution is 0.583. The molecule has 0 fully saturated rings. The minimum atomic E-state index is 0. The zero-order valence-electron chi connectivity index (χ0n) is 10.3. The Morgan fingerprint density at radius 2 is 2.19 bits per heavy atom. The van der Waals surface area contributed by atoms with E-state index in [0.717, 1.165) is 19.0 Å². The van der Waals surface area contributed by atoms with Gasteiger partial charge < -0.3 is 10.2 Å². The van der Waals surface area contributed by atoms with Gasteiger partial charge in [0, 0.05) is 25.5 Å². The van der Waals surface area contributed by atoms with Gasteiger partial charge in [-0.05, 0) is 30.9 Å². The summed E-state index contributed by atoms with van der Waals surface area (Å²) < 4.78 is 0. The van der Waals surface area contributed by atoms with Gasteiger partial charge in [-0.1, -0.05) is 0 Å². The Bertz CT molecular complexity index is 334. The molecule has 1 heterocycles. The highest BCUT2D eigenvalue weighted by Crippen LogP contribution is 2.16. The third-order valence-electron chi connectivity index (χ3n) is 2.10. The van der Waals surface area contributed by atoms with Crippen molar-refractivity contribution in [1.82, 2.24) is 10.2 Å². The minimum Gasteiger partial charge on any atom is -0.357 e. The molecule has 3 nitrogen and oxygen atoms in total. The predicted octanol–water partition coefficient (Wildman–Crippen LogP) is 2.70. The minimum absolute atomic E-state index is 0. The van der Waals surface area contributed by atoms with Gasteiger partial charge in [0.25, 0.3) is 0 Å². The Labute approximate surface area is 119 Å². The molecule has 16 heavy (non-hydrogen) atoms. The number of hydrogen-bond donors (Lipinski definition) is 1. The molecule has 0 aliphatic carbocycles. The summed E-state index contributed by atoms with van der Waals surface area (Å²) in [6.45, 7) is 5.88. The van der Waals surface area contributed by atoms with Crippen molar-refractivity contribution in [2.75, 3.05) is 20.6 Å². The molecule has 1 aromatic heterocycles. The smallest absolute Gasteiger partial charge is 0.193 e. The zero-order chi connectivity index (χ0) is 11.3. The SMILES string of the molecule is CCNC(=NCc1sccc1C)N(C)C.I. The van der Waals surface area contributed by atoms with Gasteiger partial charge in [-0.25, -0.2) is 4.99 Å². The van der Waals surface area contributed by atoms with Crippen LogP contribution in [-0.4, -0.2) is 31.5 Å². The highest BCUT2D eigenvalue weighted by molar-refractivity contribution is 14.0. The fourth-order valence-corrected chi connectivity index (χ4v) is 2.06. The lowest BCUT2D eigenvalue weighted by Gasteiger charge is -2.16. The van der Waals surface area contributed by atoms with Crippen LogP contribution in [0.1, 0.15) is 17.4 Å². The van der Waals surface area contributed by atoms with Crippen LogP contribution < -0.4 is 5.32 Å². The molecule has 5 heteroatoms. The van der Waals surface area contributed by atoms with E-state index in [2.05, 4.69) is 35.6 Å². The Kier molecular flexibility index (Phi) is 7.74. The van der Waals surface area contributed by atoms with E-state index in [-0.39, 0.29) is 24.0 Å². The standard InChI is InChI=1S/C11H19N3S.HI/c1-5-12-11(14(3)4)13-8-10-9(2)6-7-15-10;/h6-7H,5,8H2,1-4H3,(H,12,13);1H. The second-order valence-corrected chi connectivity index (χ2v) is 4.59. The van der Waals surface area contributed by atoms with Crippen molar-refractivity contribution < 1.29 is 0 Å². The first-order valence-corrected chi connectivity index (χ1v) is 6.01. The van der Waals surface area contributed by atoms with Gasteiger partial charge in [-0.3, -0.25) is 0 Å². The highest BCUT2D eigenvalue weighted by Gasteiger charge is 2.01. The van der Waals surface area contributed by atoms with Gasteiger partial charge in [0.2, 0.25) is 0 Å². The maximum Gasteiger partial charge on any atom is 0.193 e. The molecule has 0 radical (unpaired) electrons. The highest BCUT2D eigenvalue weighted by atomic mass is 127. The van der Waals surface area contributed by atoms with Crippen LogP contribution in [0.5, 0.6) is 0 Å². The van der Waals surface area contributed by atoms with Crippen LogP contribution in [0, 0.1) is 6.92 Å². The lowest BCUT2D eigenvalue weighted by atomic mass is 10.3. The van der Waals surface area contributed by atoms with Gasteiger partial charge in [-0.15, -0.1) is 35.3 Å². The van der Waals surface area contributed by atoms with E-state index in [1.165, 1.54) is 10.4 Å². The van der Waals surface area contributed by atoms with Crippen molar-refractivity contribution in [2.45, 2.75) is 20.4 Å². The summed E-state index contributed by atoms with van der Waals surface area (Å²) in [4.78, 5) is 7.90. The van der Waals surface area contributed by atoms with Crippen molar-refractivity contribution >= 4 is 41.3 Å². The number of aliphatic imine (C=N–C) groups is 1. The van der Waals surface area contributed by atoms with E-state index < -0.39 is 0 Å². The van der Waals surface area contributed by atoms with Crippen molar-refractivity contribution in [1.29, 1.82) is 0 Å². The normalized spacial score (nSPS) is 10.9. The molecule has 0 aromatic carbocycles. The average molecular weight is 353 g/mol. The third kappa shape index (κ3) is 4.69. The first-order valence-electron chi connectivity index (χ1n) is 5.13. The summed E-state index contributed by atoms with van der Waals surface area (Å²) in [5.74, 6) is 0.949. The van der Waals surface area contributed by atoms with E-state index in [0.29, 0.717) is 0 Å². The second kappa shape index (κ2) is 7.89. The largest absolute Gasteiger partial charge is 0.357 e. The van der Waals surface area contributed by atoms with Crippen LogP contribution in [0.3, 0.4) is 0 Å². The molecular formula is C11H20IN3S. The molecule has 92 valence electrons. The van der Waals surface area contributed by atoms with Crippen molar-refractivity contribution in [2.24, 2.45) is 4.99 Å². The van der Waals surface area contributed by atoms with Crippen LogP contribution in [0.4, 0.5) is 0 Å². The fourth-order valence-electron chi connectivity index (χ4n) is 1.23. The quantitative estimate of drug-likeness (QED) is 0.514. The van der Waals surface area contributed by atoms with Gasteiger partial charge in [-0.2, -0.15) is 0 Å². The van der Waals surface area contributed by atoms with Crippen LogP contribution in [0.15, 0.2) is 16.4 Å². The summed E-state index contributed by atoms with van der Waals surface area (Å²) in [6, 6.07) is 2.14. The van der Waals surface area contributed by atoms with E-state index in [4.69, 9.17) is 0 Å². The molecule has 0 saturated carbocycles. The molecule has 0 atom stereocenters. The zero-order valence-corrected chi connectivity index (χ0v) is 13.4. The average Bonchev–Trinajstić information content (AvgIpc) is 2.58. The second-order valence-electron chi connectivity index (χ2n) is 3.59.